The lowest BCUT2D eigenvalue weighted by atomic mass is 10.2. The zero-order chi connectivity index (χ0) is 18.5. The molecular weight excluding hydrogens is 340 g/mol. The number of nitrogens with one attached hydrogen (secondary N) is 2. The Hall–Kier alpha value is -3.61. The number of para-hydroxylation sites is 2. The van der Waals surface area contributed by atoms with E-state index in [1.807, 2.05) is 6.07 Å². The van der Waals surface area contributed by atoms with Crippen LogP contribution in [0.1, 0.15) is 20.8 Å². The Bertz CT molecular complexity index is 942. The largest absolute Gasteiger partial charge is 0.322 e. The predicted octanol–water partition coefficient (Wildman–Crippen LogP) is 3.86. The van der Waals surface area contributed by atoms with Gasteiger partial charge in [-0.15, -0.1) is 0 Å². The van der Waals surface area contributed by atoms with Gasteiger partial charge in [-0.1, -0.05) is 24.3 Å². The number of halogens is 2. The van der Waals surface area contributed by atoms with Crippen LogP contribution in [0.4, 0.5) is 20.2 Å². The SMILES string of the molecule is O=C(Nc1ccccc1)c1ccnc(C(=O)Nc2c(F)cccc2F)c1. The summed E-state index contributed by atoms with van der Waals surface area (Å²) in [5, 5.41) is 4.80. The van der Waals surface area contributed by atoms with Gasteiger partial charge in [0, 0.05) is 17.4 Å². The first-order valence-corrected chi connectivity index (χ1v) is 7.62. The van der Waals surface area contributed by atoms with Gasteiger partial charge >= 0.3 is 0 Å². The maximum Gasteiger partial charge on any atom is 0.274 e. The second-order valence-corrected chi connectivity index (χ2v) is 5.30. The van der Waals surface area contributed by atoms with Crippen LogP contribution in [-0.2, 0) is 0 Å². The summed E-state index contributed by atoms with van der Waals surface area (Å²) in [5.74, 6) is -3.08. The van der Waals surface area contributed by atoms with Gasteiger partial charge in [0.25, 0.3) is 11.8 Å². The minimum absolute atomic E-state index is 0.145. The zero-order valence-corrected chi connectivity index (χ0v) is 13.4. The summed E-state index contributed by atoms with van der Waals surface area (Å²) in [5.41, 5.74) is 0.0588. The molecule has 0 aliphatic heterocycles. The fourth-order valence-electron chi connectivity index (χ4n) is 2.22. The minimum atomic E-state index is -0.906. The third-order valence-corrected chi connectivity index (χ3v) is 3.49. The molecule has 5 nitrogen and oxygen atoms in total. The van der Waals surface area contributed by atoms with Gasteiger partial charge in [0.1, 0.15) is 23.0 Å². The highest BCUT2D eigenvalue weighted by atomic mass is 19.1. The van der Waals surface area contributed by atoms with Crippen LogP contribution >= 0.6 is 0 Å². The molecule has 0 bridgehead atoms. The molecule has 3 aromatic rings. The van der Waals surface area contributed by atoms with E-state index < -0.39 is 29.1 Å². The minimum Gasteiger partial charge on any atom is -0.322 e. The maximum absolute atomic E-state index is 13.6. The molecule has 3 rings (SSSR count). The molecule has 26 heavy (non-hydrogen) atoms. The third kappa shape index (κ3) is 3.89. The molecule has 0 atom stereocenters. The summed E-state index contributed by atoms with van der Waals surface area (Å²) >= 11 is 0. The van der Waals surface area contributed by atoms with Crippen LogP contribution in [0.15, 0.2) is 66.9 Å². The van der Waals surface area contributed by atoms with Crippen molar-refractivity contribution in [2.45, 2.75) is 0 Å². The van der Waals surface area contributed by atoms with Crippen molar-refractivity contribution < 1.29 is 18.4 Å². The molecule has 0 aliphatic carbocycles. The summed E-state index contributed by atoms with van der Waals surface area (Å²) in [6.45, 7) is 0. The van der Waals surface area contributed by atoms with Gasteiger partial charge in [-0.25, -0.2) is 8.78 Å². The Balaban J connectivity index is 1.78. The highest BCUT2D eigenvalue weighted by Gasteiger charge is 2.16. The average molecular weight is 353 g/mol. The monoisotopic (exact) mass is 353 g/mol. The number of carbonyl (C=O) groups excluding carboxylic acids is 2. The molecule has 0 saturated heterocycles. The Kier molecular flexibility index (Phi) is 4.98. The van der Waals surface area contributed by atoms with E-state index in [0.717, 1.165) is 12.1 Å². The molecule has 1 heterocycles. The number of hydrogen-bond donors (Lipinski definition) is 2. The number of rotatable bonds is 4. The van der Waals surface area contributed by atoms with Gasteiger partial charge in [0.2, 0.25) is 0 Å². The average Bonchev–Trinajstić information content (AvgIpc) is 2.65. The first kappa shape index (κ1) is 17.2. The molecule has 0 aliphatic rings. The quantitative estimate of drug-likeness (QED) is 0.748. The number of pyridine rings is 1. The predicted molar refractivity (Wildman–Crippen MR) is 92.9 cm³/mol. The van der Waals surface area contributed by atoms with Crippen molar-refractivity contribution in [3.8, 4) is 0 Å². The van der Waals surface area contributed by atoms with E-state index >= 15 is 0 Å². The summed E-state index contributed by atoms with van der Waals surface area (Å²) in [6.07, 6.45) is 1.27. The summed E-state index contributed by atoms with van der Waals surface area (Å²) in [7, 11) is 0. The van der Waals surface area contributed by atoms with Crippen LogP contribution in [0.2, 0.25) is 0 Å². The fraction of sp³-hybridized carbons (Fsp3) is 0. The lowest BCUT2D eigenvalue weighted by Gasteiger charge is -2.08. The van der Waals surface area contributed by atoms with Crippen LogP contribution in [0.3, 0.4) is 0 Å². The maximum atomic E-state index is 13.6. The van der Waals surface area contributed by atoms with Gasteiger partial charge in [-0.2, -0.15) is 0 Å². The van der Waals surface area contributed by atoms with E-state index in [2.05, 4.69) is 15.6 Å². The van der Waals surface area contributed by atoms with Crippen molar-refractivity contribution >= 4 is 23.2 Å². The summed E-state index contributed by atoms with van der Waals surface area (Å²) < 4.78 is 27.3. The van der Waals surface area contributed by atoms with Gasteiger partial charge in [0.05, 0.1) is 0 Å². The molecule has 0 spiro atoms. The van der Waals surface area contributed by atoms with Crippen LogP contribution in [0, 0.1) is 11.6 Å². The van der Waals surface area contributed by atoms with Crippen LogP contribution < -0.4 is 10.6 Å². The Labute approximate surface area is 147 Å². The van der Waals surface area contributed by atoms with E-state index in [9.17, 15) is 18.4 Å². The number of amides is 2. The van der Waals surface area contributed by atoms with Crippen molar-refractivity contribution in [1.29, 1.82) is 0 Å². The van der Waals surface area contributed by atoms with Crippen molar-refractivity contribution in [3.05, 3.63) is 89.8 Å². The van der Waals surface area contributed by atoms with E-state index in [1.165, 1.54) is 24.4 Å². The van der Waals surface area contributed by atoms with Gasteiger partial charge < -0.3 is 10.6 Å². The van der Waals surface area contributed by atoms with E-state index in [4.69, 9.17) is 0 Å². The van der Waals surface area contributed by atoms with Gasteiger partial charge in [-0.05, 0) is 36.4 Å². The number of aromatic nitrogens is 1. The fourth-order valence-corrected chi connectivity index (χ4v) is 2.22. The van der Waals surface area contributed by atoms with Crippen LogP contribution in [-0.4, -0.2) is 16.8 Å². The normalized spacial score (nSPS) is 10.2. The third-order valence-electron chi connectivity index (χ3n) is 3.49. The van der Waals surface area contributed by atoms with E-state index in [-0.39, 0.29) is 11.3 Å². The van der Waals surface area contributed by atoms with Crippen molar-refractivity contribution in [2.24, 2.45) is 0 Å². The highest BCUT2D eigenvalue weighted by molar-refractivity contribution is 6.07. The van der Waals surface area contributed by atoms with Crippen molar-refractivity contribution in [3.63, 3.8) is 0 Å². The zero-order valence-electron chi connectivity index (χ0n) is 13.4. The number of anilines is 2. The second-order valence-electron chi connectivity index (χ2n) is 5.30. The van der Waals surface area contributed by atoms with Gasteiger partial charge in [-0.3, -0.25) is 14.6 Å². The molecule has 2 amide bonds. The number of nitrogens with zero attached hydrogens (tertiary/aromatic N) is 1. The Morgan fingerprint density at radius 3 is 2.19 bits per heavy atom. The molecule has 1 aromatic heterocycles. The number of carbonyl (C=O) groups is 2. The second kappa shape index (κ2) is 7.52. The molecular formula is C19H13F2N3O2. The number of benzene rings is 2. The first-order chi connectivity index (χ1) is 12.5. The molecule has 0 unspecified atom stereocenters. The topological polar surface area (TPSA) is 71.1 Å². The lowest BCUT2D eigenvalue weighted by molar-refractivity contribution is 0.102. The van der Waals surface area contributed by atoms with E-state index in [0.29, 0.717) is 5.69 Å². The molecule has 0 saturated carbocycles. The van der Waals surface area contributed by atoms with Gasteiger partial charge in [0.15, 0.2) is 0 Å². The number of hydrogen-bond acceptors (Lipinski definition) is 3. The smallest absolute Gasteiger partial charge is 0.274 e. The summed E-state index contributed by atoms with van der Waals surface area (Å²) in [6, 6.07) is 14.7. The van der Waals surface area contributed by atoms with E-state index in [1.54, 1.807) is 24.3 Å². The molecule has 2 aromatic carbocycles. The standard InChI is InChI=1S/C19H13F2N3O2/c20-14-7-4-8-15(21)17(14)24-19(26)16-11-12(9-10-22-16)18(25)23-13-5-2-1-3-6-13/h1-11H,(H,23,25)(H,24,26). The summed E-state index contributed by atoms with van der Waals surface area (Å²) in [4.78, 5) is 28.3. The molecule has 130 valence electrons. The highest BCUT2D eigenvalue weighted by Crippen LogP contribution is 2.19. The lowest BCUT2D eigenvalue weighted by Crippen LogP contribution is -2.18. The molecule has 2 N–H and O–H groups in total. The molecule has 0 fully saturated rings. The van der Waals surface area contributed by atoms with Crippen molar-refractivity contribution in [1.82, 2.24) is 4.98 Å². The van der Waals surface area contributed by atoms with Crippen LogP contribution in [0.25, 0.3) is 0 Å². The van der Waals surface area contributed by atoms with Crippen LogP contribution in [0.5, 0.6) is 0 Å². The molecule has 0 radical (unpaired) electrons. The Morgan fingerprint density at radius 1 is 0.808 bits per heavy atom. The van der Waals surface area contributed by atoms with Crippen molar-refractivity contribution in [2.75, 3.05) is 10.6 Å². The molecule has 7 heteroatoms. The first-order valence-electron chi connectivity index (χ1n) is 7.62. The Morgan fingerprint density at radius 2 is 1.50 bits per heavy atom.